The third-order valence-corrected chi connectivity index (χ3v) is 2.79. The molecule has 0 N–H and O–H groups in total. The van der Waals surface area contributed by atoms with Crippen LogP contribution in [-0.2, 0) is 12.8 Å². The SMILES string of the molecule is CCc1ccc(-c2nc(Cl)cc(CC(C)C)n2)o1. The largest absolute Gasteiger partial charge is 0.458 e. The minimum absolute atomic E-state index is 0.463. The fourth-order valence-electron chi connectivity index (χ4n) is 1.79. The van der Waals surface area contributed by atoms with Crippen LogP contribution in [0.2, 0.25) is 5.15 Å². The predicted octanol–water partition coefficient (Wildman–Crippen LogP) is 4.15. The summed E-state index contributed by atoms with van der Waals surface area (Å²) in [6.07, 6.45) is 1.75. The first-order valence-corrected chi connectivity index (χ1v) is 6.58. The molecule has 0 radical (unpaired) electrons. The van der Waals surface area contributed by atoms with Gasteiger partial charge >= 0.3 is 0 Å². The molecule has 0 amide bonds. The lowest BCUT2D eigenvalue weighted by Crippen LogP contribution is -2.00. The molecular formula is C14H17ClN2O. The number of rotatable bonds is 4. The summed E-state index contributed by atoms with van der Waals surface area (Å²) in [6.45, 7) is 6.35. The summed E-state index contributed by atoms with van der Waals surface area (Å²) in [4.78, 5) is 8.72. The van der Waals surface area contributed by atoms with Gasteiger partial charge in [-0.05, 0) is 30.5 Å². The van der Waals surface area contributed by atoms with Crippen molar-refractivity contribution in [3.05, 3.63) is 34.8 Å². The normalized spacial score (nSPS) is 11.2. The number of halogens is 1. The monoisotopic (exact) mass is 264 g/mol. The van der Waals surface area contributed by atoms with Gasteiger partial charge in [-0.15, -0.1) is 0 Å². The highest BCUT2D eigenvalue weighted by Crippen LogP contribution is 2.22. The quantitative estimate of drug-likeness (QED) is 0.779. The van der Waals surface area contributed by atoms with Crippen LogP contribution in [0.15, 0.2) is 22.6 Å². The van der Waals surface area contributed by atoms with Crippen LogP contribution < -0.4 is 0 Å². The zero-order chi connectivity index (χ0) is 13.1. The van der Waals surface area contributed by atoms with Crippen molar-refractivity contribution in [1.29, 1.82) is 0 Å². The van der Waals surface area contributed by atoms with Crippen LogP contribution >= 0.6 is 11.6 Å². The summed E-state index contributed by atoms with van der Waals surface area (Å²) in [6, 6.07) is 5.65. The molecule has 0 aliphatic rings. The number of furan rings is 1. The third kappa shape index (κ3) is 3.10. The zero-order valence-electron chi connectivity index (χ0n) is 10.9. The molecule has 0 bridgehead atoms. The average molecular weight is 265 g/mol. The highest BCUT2D eigenvalue weighted by molar-refractivity contribution is 6.29. The minimum atomic E-state index is 0.463. The number of aromatic nitrogens is 2. The molecule has 2 heterocycles. The van der Waals surface area contributed by atoms with Crippen molar-refractivity contribution in [1.82, 2.24) is 9.97 Å². The second-order valence-corrected chi connectivity index (χ2v) is 5.11. The highest BCUT2D eigenvalue weighted by atomic mass is 35.5. The van der Waals surface area contributed by atoms with E-state index in [0.29, 0.717) is 22.7 Å². The Labute approximate surface area is 112 Å². The van der Waals surface area contributed by atoms with Gasteiger partial charge in [0.15, 0.2) is 11.6 Å². The first-order valence-electron chi connectivity index (χ1n) is 6.21. The van der Waals surface area contributed by atoms with Crippen LogP contribution in [0.4, 0.5) is 0 Å². The number of nitrogens with zero attached hydrogens (tertiary/aromatic N) is 2. The topological polar surface area (TPSA) is 38.9 Å². The maximum atomic E-state index is 6.03. The molecule has 0 aromatic carbocycles. The van der Waals surface area contributed by atoms with Crippen molar-refractivity contribution in [2.75, 3.05) is 0 Å². The lowest BCUT2D eigenvalue weighted by atomic mass is 10.1. The van der Waals surface area contributed by atoms with Crippen molar-refractivity contribution < 1.29 is 4.42 Å². The van der Waals surface area contributed by atoms with Gasteiger partial charge in [-0.25, -0.2) is 9.97 Å². The molecule has 0 aliphatic heterocycles. The van der Waals surface area contributed by atoms with Gasteiger partial charge in [0.05, 0.1) is 0 Å². The molecule has 0 spiro atoms. The summed E-state index contributed by atoms with van der Waals surface area (Å²) >= 11 is 6.03. The molecule has 0 unspecified atom stereocenters. The molecule has 4 heteroatoms. The van der Waals surface area contributed by atoms with Crippen LogP contribution in [0.5, 0.6) is 0 Å². The maximum absolute atomic E-state index is 6.03. The van der Waals surface area contributed by atoms with Gasteiger partial charge in [0, 0.05) is 12.1 Å². The summed E-state index contributed by atoms with van der Waals surface area (Å²) < 4.78 is 5.65. The van der Waals surface area contributed by atoms with Crippen molar-refractivity contribution >= 4 is 11.6 Å². The van der Waals surface area contributed by atoms with E-state index in [1.54, 1.807) is 0 Å². The van der Waals surface area contributed by atoms with Crippen LogP contribution in [0.3, 0.4) is 0 Å². The number of hydrogen-bond acceptors (Lipinski definition) is 3. The van der Waals surface area contributed by atoms with Crippen LogP contribution in [-0.4, -0.2) is 9.97 Å². The van der Waals surface area contributed by atoms with Crippen LogP contribution in [0.25, 0.3) is 11.6 Å². The lowest BCUT2D eigenvalue weighted by Gasteiger charge is -2.05. The molecule has 18 heavy (non-hydrogen) atoms. The highest BCUT2D eigenvalue weighted by Gasteiger charge is 2.10. The van der Waals surface area contributed by atoms with Crippen molar-refractivity contribution in [2.24, 2.45) is 5.92 Å². The molecule has 0 atom stereocenters. The lowest BCUT2D eigenvalue weighted by molar-refractivity contribution is 0.524. The van der Waals surface area contributed by atoms with E-state index >= 15 is 0 Å². The van der Waals surface area contributed by atoms with Gasteiger partial charge in [0.25, 0.3) is 0 Å². The molecule has 0 saturated heterocycles. The average Bonchev–Trinajstić information content (AvgIpc) is 2.75. The van der Waals surface area contributed by atoms with E-state index < -0.39 is 0 Å². The molecule has 0 fully saturated rings. The van der Waals surface area contributed by atoms with E-state index in [1.165, 1.54) is 0 Å². The maximum Gasteiger partial charge on any atom is 0.197 e. The zero-order valence-corrected chi connectivity index (χ0v) is 11.7. The van der Waals surface area contributed by atoms with Crippen LogP contribution in [0, 0.1) is 5.92 Å². The Morgan fingerprint density at radius 2 is 2.06 bits per heavy atom. The summed E-state index contributed by atoms with van der Waals surface area (Å²) in [7, 11) is 0. The van der Waals surface area contributed by atoms with Gasteiger partial charge in [0.2, 0.25) is 0 Å². The first kappa shape index (κ1) is 13.1. The second-order valence-electron chi connectivity index (χ2n) is 4.72. The first-order chi connectivity index (χ1) is 8.58. The number of hydrogen-bond donors (Lipinski definition) is 0. The standard InChI is InChI=1S/C14H17ClN2O/c1-4-11-5-6-12(18-11)14-16-10(7-9(2)3)8-13(15)17-14/h5-6,8-9H,4,7H2,1-3H3. The Hall–Kier alpha value is -1.35. The summed E-state index contributed by atoms with van der Waals surface area (Å²) in [5.74, 6) is 2.71. The smallest absolute Gasteiger partial charge is 0.197 e. The van der Waals surface area contributed by atoms with E-state index in [0.717, 1.165) is 24.3 Å². The van der Waals surface area contributed by atoms with Gasteiger partial charge in [0.1, 0.15) is 10.9 Å². The van der Waals surface area contributed by atoms with Crippen LogP contribution in [0.1, 0.15) is 32.2 Å². The van der Waals surface area contributed by atoms with E-state index in [1.807, 2.05) is 25.1 Å². The fraction of sp³-hybridized carbons (Fsp3) is 0.429. The van der Waals surface area contributed by atoms with E-state index in [2.05, 4.69) is 23.8 Å². The predicted molar refractivity (Wildman–Crippen MR) is 72.7 cm³/mol. The second kappa shape index (κ2) is 5.53. The Morgan fingerprint density at radius 1 is 1.28 bits per heavy atom. The van der Waals surface area contributed by atoms with Gasteiger partial charge in [-0.1, -0.05) is 32.4 Å². The fourth-order valence-corrected chi connectivity index (χ4v) is 1.99. The van der Waals surface area contributed by atoms with Gasteiger partial charge in [-0.2, -0.15) is 0 Å². The van der Waals surface area contributed by atoms with Gasteiger partial charge < -0.3 is 4.42 Å². The van der Waals surface area contributed by atoms with Crippen molar-refractivity contribution in [3.8, 4) is 11.6 Å². The Kier molecular flexibility index (Phi) is 4.02. The number of aryl methyl sites for hydroxylation is 1. The molecule has 2 rings (SSSR count). The van der Waals surface area contributed by atoms with E-state index in [9.17, 15) is 0 Å². The van der Waals surface area contributed by atoms with Gasteiger partial charge in [-0.3, -0.25) is 0 Å². The Balaban J connectivity index is 2.35. The third-order valence-electron chi connectivity index (χ3n) is 2.60. The van der Waals surface area contributed by atoms with E-state index in [-0.39, 0.29) is 0 Å². The molecule has 2 aromatic rings. The molecule has 0 saturated carbocycles. The van der Waals surface area contributed by atoms with E-state index in [4.69, 9.17) is 16.0 Å². The Morgan fingerprint density at radius 3 is 2.67 bits per heavy atom. The molecule has 96 valence electrons. The van der Waals surface area contributed by atoms with Crippen molar-refractivity contribution in [2.45, 2.75) is 33.6 Å². The molecule has 3 nitrogen and oxygen atoms in total. The Bertz CT molecular complexity index is 534. The minimum Gasteiger partial charge on any atom is -0.458 e. The molecule has 0 aliphatic carbocycles. The molecular weight excluding hydrogens is 248 g/mol. The summed E-state index contributed by atoms with van der Waals surface area (Å²) in [5.41, 5.74) is 0.953. The molecule has 2 aromatic heterocycles. The van der Waals surface area contributed by atoms with Crippen molar-refractivity contribution in [3.63, 3.8) is 0 Å². The summed E-state index contributed by atoms with van der Waals surface area (Å²) in [5, 5.41) is 0.463.